The first kappa shape index (κ1) is 15.4. The van der Waals surface area contributed by atoms with Gasteiger partial charge in [0.2, 0.25) is 5.89 Å². The van der Waals surface area contributed by atoms with Gasteiger partial charge in [-0.15, -0.1) is 23.7 Å². The summed E-state index contributed by atoms with van der Waals surface area (Å²) in [5, 5.41) is 5.14. The molecule has 0 radical (unpaired) electrons. The third kappa shape index (κ3) is 2.74. The number of hydrogen-bond acceptors (Lipinski definition) is 6. The first-order valence-electron chi connectivity index (χ1n) is 7.19. The number of para-hydroxylation sites is 1. The Hall–Kier alpha value is -1.50. The molecule has 0 saturated heterocycles. The summed E-state index contributed by atoms with van der Waals surface area (Å²) in [6.45, 7) is 0. The average Bonchev–Trinajstić information content (AvgIpc) is 3.09. The highest BCUT2D eigenvalue weighted by molar-refractivity contribution is 7.18. The lowest BCUT2D eigenvalue weighted by Crippen LogP contribution is -2.44. The van der Waals surface area contributed by atoms with E-state index in [4.69, 9.17) is 10.3 Å². The molecule has 0 spiro atoms. The molecule has 2 heterocycles. The van der Waals surface area contributed by atoms with E-state index in [2.05, 4.69) is 21.2 Å². The van der Waals surface area contributed by atoms with E-state index in [9.17, 15) is 0 Å². The van der Waals surface area contributed by atoms with E-state index in [0.29, 0.717) is 18.1 Å². The molecule has 2 N–H and O–H groups in total. The second-order valence-corrected chi connectivity index (χ2v) is 6.71. The zero-order valence-corrected chi connectivity index (χ0v) is 13.6. The second-order valence-electron chi connectivity index (χ2n) is 5.60. The number of nitrogens with two attached hydrogens (primary N) is 1. The minimum Gasteiger partial charge on any atom is -0.339 e. The van der Waals surface area contributed by atoms with Gasteiger partial charge in [-0.1, -0.05) is 17.3 Å². The van der Waals surface area contributed by atoms with Gasteiger partial charge >= 0.3 is 0 Å². The molecule has 1 aromatic carbocycles. The van der Waals surface area contributed by atoms with Crippen LogP contribution in [0.5, 0.6) is 0 Å². The summed E-state index contributed by atoms with van der Waals surface area (Å²) in [6.07, 6.45) is 4.57. The van der Waals surface area contributed by atoms with Gasteiger partial charge in [-0.2, -0.15) is 4.98 Å². The van der Waals surface area contributed by atoms with E-state index < -0.39 is 0 Å². The first-order valence-corrected chi connectivity index (χ1v) is 8.01. The number of hydrogen-bond donors (Lipinski definition) is 1. The van der Waals surface area contributed by atoms with Crippen molar-refractivity contribution in [2.24, 2.45) is 5.73 Å². The Morgan fingerprint density at radius 2 is 2.00 bits per heavy atom. The summed E-state index contributed by atoms with van der Waals surface area (Å²) >= 11 is 1.72. The molecule has 4 rings (SSSR count). The van der Waals surface area contributed by atoms with E-state index in [0.717, 1.165) is 36.2 Å². The largest absolute Gasteiger partial charge is 0.339 e. The minimum atomic E-state index is -0.350. The van der Waals surface area contributed by atoms with Crippen molar-refractivity contribution in [3.05, 3.63) is 41.0 Å². The summed E-state index contributed by atoms with van der Waals surface area (Å²) in [4.78, 5) is 9.06. The summed E-state index contributed by atoms with van der Waals surface area (Å²) in [6, 6.07) is 8.17. The number of nitrogens with zero attached hydrogens (tertiary/aromatic N) is 3. The van der Waals surface area contributed by atoms with Crippen molar-refractivity contribution in [2.75, 3.05) is 0 Å². The van der Waals surface area contributed by atoms with Crippen LogP contribution in [0.4, 0.5) is 0 Å². The van der Waals surface area contributed by atoms with Crippen molar-refractivity contribution in [2.45, 2.75) is 37.6 Å². The Kier molecular flexibility index (Phi) is 4.16. The Balaban J connectivity index is 0.00000144. The van der Waals surface area contributed by atoms with E-state index in [1.165, 1.54) is 4.70 Å². The molecule has 1 aliphatic rings. The van der Waals surface area contributed by atoms with E-state index in [1.807, 2.05) is 18.2 Å². The first-order chi connectivity index (χ1) is 10.2. The monoisotopic (exact) mass is 336 g/mol. The molecule has 0 unspecified atom stereocenters. The third-order valence-corrected chi connectivity index (χ3v) is 5.15. The molecular formula is C15H17ClN4OS. The highest BCUT2D eigenvalue weighted by Crippen LogP contribution is 2.36. The van der Waals surface area contributed by atoms with E-state index >= 15 is 0 Å². The topological polar surface area (TPSA) is 77.8 Å². The van der Waals surface area contributed by atoms with Crippen molar-refractivity contribution >= 4 is 34.0 Å². The molecule has 1 aliphatic carbocycles. The maximum absolute atomic E-state index is 6.20. The fourth-order valence-electron chi connectivity index (χ4n) is 2.58. The van der Waals surface area contributed by atoms with Gasteiger partial charge < -0.3 is 10.3 Å². The number of benzene rings is 1. The number of halogens is 1. The molecule has 2 aromatic heterocycles. The maximum Gasteiger partial charge on any atom is 0.227 e. The Morgan fingerprint density at radius 1 is 1.18 bits per heavy atom. The van der Waals surface area contributed by atoms with Crippen molar-refractivity contribution in [1.29, 1.82) is 0 Å². The molecular weight excluding hydrogens is 320 g/mol. The molecule has 0 atom stereocenters. The summed E-state index contributed by atoms with van der Waals surface area (Å²) in [5.41, 5.74) is 6.91. The highest BCUT2D eigenvalue weighted by Gasteiger charge is 2.38. The molecule has 5 nitrogen and oxygen atoms in total. The number of rotatable bonds is 4. The van der Waals surface area contributed by atoms with Gasteiger partial charge in [-0.05, 0) is 31.4 Å². The summed E-state index contributed by atoms with van der Waals surface area (Å²) < 4.78 is 6.54. The average molecular weight is 337 g/mol. The molecule has 0 aliphatic heterocycles. The standard InChI is InChI=1S/C15H16N4OS.ClH/c16-15(8-3-9-15)14-18-12(20-19-14)6-7-13-17-10-4-1-2-5-11(10)21-13;/h1-2,4-5H,3,6-9,16H2;1H. The lowest BCUT2D eigenvalue weighted by atomic mass is 9.77. The summed E-state index contributed by atoms with van der Waals surface area (Å²) in [7, 11) is 0. The van der Waals surface area contributed by atoms with Crippen LogP contribution in [0.2, 0.25) is 0 Å². The fraction of sp³-hybridized carbons (Fsp3) is 0.400. The minimum absolute atomic E-state index is 0. The highest BCUT2D eigenvalue weighted by atomic mass is 35.5. The molecule has 1 fully saturated rings. The molecule has 116 valence electrons. The van der Waals surface area contributed by atoms with E-state index in [-0.39, 0.29) is 17.9 Å². The van der Waals surface area contributed by atoms with Gasteiger partial charge in [-0.25, -0.2) is 4.98 Å². The summed E-state index contributed by atoms with van der Waals surface area (Å²) in [5.74, 6) is 1.31. The smallest absolute Gasteiger partial charge is 0.227 e. The van der Waals surface area contributed by atoms with Gasteiger partial charge in [-0.3, -0.25) is 0 Å². The van der Waals surface area contributed by atoms with Crippen LogP contribution in [0.25, 0.3) is 10.2 Å². The van der Waals surface area contributed by atoms with Gasteiger partial charge in [0.05, 0.1) is 20.8 Å². The van der Waals surface area contributed by atoms with Crippen molar-refractivity contribution in [3.8, 4) is 0 Å². The van der Waals surface area contributed by atoms with Crippen LogP contribution in [0.3, 0.4) is 0 Å². The molecule has 1 saturated carbocycles. The van der Waals surface area contributed by atoms with Gasteiger partial charge in [0.15, 0.2) is 5.82 Å². The molecule has 3 aromatic rings. The van der Waals surface area contributed by atoms with Gasteiger partial charge in [0.1, 0.15) is 0 Å². The fourth-order valence-corrected chi connectivity index (χ4v) is 3.55. The van der Waals surface area contributed by atoms with Crippen LogP contribution in [-0.2, 0) is 18.4 Å². The predicted octanol–water partition coefficient (Wildman–Crippen LogP) is 3.22. The molecule has 7 heteroatoms. The Labute approximate surface area is 138 Å². The van der Waals surface area contributed by atoms with Crippen LogP contribution in [0.1, 0.15) is 36.0 Å². The van der Waals surface area contributed by atoms with Crippen molar-refractivity contribution < 1.29 is 4.52 Å². The van der Waals surface area contributed by atoms with Crippen LogP contribution in [0, 0.1) is 0 Å². The third-order valence-electron chi connectivity index (χ3n) is 4.05. The molecule has 0 bridgehead atoms. The molecule has 22 heavy (non-hydrogen) atoms. The van der Waals surface area contributed by atoms with Crippen molar-refractivity contribution in [3.63, 3.8) is 0 Å². The maximum atomic E-state index is 6.20. The zero-order chi connectivity index (χ0) is 14.3. The van der Waals surface area contributed by atoms with Crippen LogP contribution >= 0.6 is 23.7 Å². The zero-order valence-electron chi connectivity index (χ0n) is 12.0. The van der Waals surface area contributed by atoms with Crippen LogP contribution < -0.4 is 5.73 Å². The second kappa shape index (κ2) is 5.95. The van der Waals surface area contributed by atoms with Gasteiger partial charge in [0, 0.05) is 12.8 Å². The Morgan fingerprint density at radius 3 is 2.73 bits per heavy atom. The quantitative estimate of drug-likeness (QED) is 0.791. The number of aromatic nitrogens is 3. The van der Waals surface area contributed by atoms with Crippen LogP contribution in [-0.4, -0.2) is 15.1 Å². The normalized spacial score (nSPS) is 16.2. The lowest BCUT2D eigenvalue weighted by Gasteiger charge is -2.34. The van der Waals surface area contributed by atoms with Crippen LogP contribution in [0.15, 0.2) is 28.8 Å². The number of aryl methyl sites for hydroxylation is 2. The number of fused-ring (bicyclic) bond motifs is 1. The van der Waals surface area contributed by atoms with Crippen molar-refractivity contribution in [1.82, 2.24) is 15.1 Å². The van der Waals surface area contributed by atoms with E-state index in [1.54, 1.807) is 11.3 Å². The lowest BCUT2D eigenvalue weighted by molar-refractivity contribution is 0.229. The molecule has 0 amide bonds. The number of thiazole rings is 1. The van der Waals surface area contributed by atoms with Gasteiger partial charge in [0.25, 0.3) is 0 Å². The SMILES string of the molecule is Cl.NC1(c2noc(CCc3nc4ccccc4s3)n2)CCC1. The predicted molar refractivity (Wildman–Crippen MR) is 88.3 cm³/mol. The Bertz CT molecular complexity index is 748.